The quantitative estimate of drug-likeness (QED) is 0.310. The van der Waals surface area contributed by atoms with E-state index in [1.807, 2.05) is 13.0 Å². The maximum Gasteiger partial charge on any atom is 0.339 e. The summed E-state index contributed by atoms with van der Waals surface area (Å²) in [5, 5.41) is 12.5. The molecule has 0 radical (unpaired) electrons. The molecular formula is C25H41NO6. The van der Waals surface area contributed by atoms with Crippen LogP contribution in [0.15, 0.2) is 12.1 Å². The minimum absolute atomic E-state index is 0.0494. The van der Waals surface area contributed by atoms with E-state index in [4.69, 9.17) is 14.2 Å². The zero-order valence-electron chi connectivity index (χ0n) is 20.2. The molecule has 0 fully saturated rings. The number of benzene rings is 1. The maximum atomic E-state index is 12.0. The molecular weight excluding hydrogens is 410 g/mol. The summed E-state index contributed by atoms with van der Waals surface area (Å²) in [6, 6.07) is 3.40. The minimum Gasteiger partial charge on any atom is -0.493 e. The van der Waals surface area contributed by atoms with Crippen molar-refractivity contribution in [3.8, 4) is 11.5 Å². The second-order valence-electron chi connectivity index (χ2n) is 8.13. The third kappa shape index (κ3) is 9.90. The highest BCUT2D eigenvalue weighted by atomic mass is 16.5. The van der Waals surface area contributed by atoms with Gasteiger partial charge in [0.25, 0.3) is 0 Å². The van der Waals surface area contributed by atoms with Crippen molar-refractivity contribution in [2.75, 3.05) is 34.0 Å². The van der Waals surface area contributed by atoms with E-state index in [1.54, 1.807) is 20.3 Å². The molecule has 32 heavy (non-hydrogen) atoms. The van der Waals surface area contributed by atoms with Gasteiger partial charge in [-0.3, -0.25) is 4.79 Å². The molecule has 1 rings (SSSR count). The number of ether oxygens (including phenoxy) is 3. The number of hydrogen-bond donors (Lipinski definition) is 2. The van der Waals surface area contributed by atoms with E-state index < -0.39 is 5.97 Å². The Morgan fingerprint density at radius 2 is 1.75 bits per heavy atom. The van der Waals surface area contributed by atoms with Gasteiger partial charge in [-0.15, -0.1) is 0 Å². The fourth-order valence-electron chi connectivity index (χ4n) is 3.53. The molecule has 0 aliphatic carbocycles. The van der Waals surface area contributed by atoms with Crippen molar-refractivity contribution in [1.29, 1.82) is 0 Å². The van der Waals surface area contributed by atoms with Crippen LogP contribution in [0.3, 0.4) is 0 Å². The number of rotatable bonds is 18. The van der Waals surface area contributed by atoms with Gasteiger partial charge < -0.3 is 24.6 Å². The molecule has 7 heteroatoms. The topological polar surface area (TPSA) is 94.1 Å². The van der Waals surface area contributed by atoms with Crippen LogP contribution >= 0.6 is 0 Å². The molecule has 0 bridgehead atoms. The molecule has 182 valence electrons. The van der Waals surface area contributed by atoms with E-state index in [-0.39, 0.29) is 23.1 Å². The second kappa shape index (κ2) is 16.4. The van der Waals surface area contributed by atoms with Gasteiger partial charge in [0.1, 0.15) is 5.56 Å². The lowest BCUT2D eigenvalue weighted by Crippen LogP contribution is -2.29. The summed E-state index contributed by atoms with van der Waals surface area (Å²) in [6.07, 6.45) is 8.53. The first kappa shape index (κ1) is 27.8. The van der Waals surface area contributed by atoms with Crippen LogP contribution in [0, 0.1) is 5.92 Å². The summed E-state index contributed by atoms with van der Waals surface area (Å²) >= 11 is 0. The number of amides is 1. The Morgan fingerprint density at radius 3 is 2.41 bits per heavy atom. The van der Waals surface area contributed by atoms with Crippen LogP contribution in [-0.4, -0.2) is 51.0 Å². The van der Waals surface area contributed by atoms with E-state index in [1.165, 1.54) is 0 Å². The molecule has 0 heterocycles. The number of aryl methyl sites for hydroxylation is 1. The number of nitrogens with one attached hydrogen (secondary N) is 1. The molecule has 0 unspecified atom stereocenters. The van der Waals surface area contributed by atoms with E-state index in [2.05, 4.69) is 12.2 Å². The lowest BCUT2D eigenvalue weighted by Gasteiger charge is -2.17. The molecule has 0 spiro atoms. The molecule has 1 aromatic rings. The SMILES string of the molecule is CCCCNC(=O)[C@H](C)CCCCCCc1ccc(C(=O)O)c(OCCCOC)c1OC. The van der Waals surface area contributed by atoms with Gasteiger partial charge in [-0.05, 0) is 37.3 Å². The third-order valence-corrected chi connectivity index (χ3v) is 5.48. The number of carboxylic acid groups (broad SMARTS) is 1. The van der Waals surface area contributed by atoms with Crippen molar-refractivity contribution in [2.45, 2.75) is 71.6 Å². The lowest BCUT2D eigenvalue weighted by atomic mass is 9.99. The minimum atomic E-state index is -1.04. The molecule has 7 nitrogen and oxygen atoms in total. The number of methoxy groups -OCH3 is 2. The van der Waals surface area contributed by atoms with Crippen molar-refractivity contribution in [3.05, 3.63) is 23.3 Å². The fraction of sp³-hybridized carbons (Fsp3) is 0.680. The molecule has 0 aromatic heterocycles. The number of carbonyl (C=O) groups excluding carboxylic acids is 1. The summed E-state index contributed by atoms with van der Waals surface area (Å²) in [5.74, 6) is -0.0475. The van der Waals surface area contributed by atoms with Crippen molar-refractivity contribution >= 4 is 11.9 Å². The molecule has 0 saturated carbocycles. The number of unbranched alkanes of at least 4 members (excludes halogenated alkanes) is 4. The van der Waals surface area contributed by atoms with Gasteiger partial charge in [0.05, 0.1) is 13.7 Å². The summed E-state index contributed by atoms with van der Waals surface area (Å²) in [4.78, 5) is 23.6. The molecule has 1 atom stereocenters. The van der Waals surface area contributed by atoms with Gasteiger partial charge >= 0.3 is 5.97 Å². The van der Waals surface area contributed by atoms with Crippen LogP contribution in [0.1, 0.15) is 81.1 Å². The Balaban J connectivity index is 2.52. The number of hydrogen-bond acceptors (Lipinski definition) is 5. The monoisotopic (exact) mass is 451 g/mol. The zero-order valence-corrected chi connectivity index (χ0v) is 20.2. The van der Waals surface area contributed by atoms with Crippen molar-refractivity contribution in [3.63, 3.8) is 0 Å². The van der Waals surface area contributed by atoms with Crippen LogP contribution in [-0.2, 0) is 16.0 Å². The number of carbonyl (C=O) groups is 2. The van der Waals surface area contributed by atoms with Crippen LogP contribution in [0.2, 0.25) is 0 Å². The Hall–Kier alpha value is -2.28. The first-order chi connectivity index (χ1) is 15.5. The standard InChI is InChI=1S/C25H41NO6/c1-5-6-16-26-24(27)19(2)12-9-7-8-10-13-20-14-15-21(25(28)29)23(22(20)31-4)32-18-11-17-30-3/h14-15,19H,5-13,16-18H2,1-4H3,(H,26,27)(H,28,29)/t19-/m1/s1. The Kier molecular flexibility index (Phi) is 14.2. The summed E-state index contributed by atoms with van der Waals surface area (Å²) in [6.45, 7) is 5.77. The Labute approximate surface area is 192 Å². The second-order valence-corrected chi connectivity index (χ2v) is 8.13. The van der Waals surface area contributed by atoms with E-state index in [0.717, 1.165) is 63.5 Å². The van der Waals surface area contributed by atoms with Gasteiger partial charge in [0, 0.05) is 32.6 Å². The first-order valence-corrected chi connectivity index (χ1v) is 11.8. The van der Waals surface area contributed by atoms with Gasteiger partial charge in [-0.25, -0.2) is 4.79 Å². The van der Waals surface area contributed by atoms with Gasteiger partial charge in [0.2, 0.25) is 5.91 Å². The molecule has 0 saturated heterocycles. The molecule has 2 N–H and O–H groups in total. The highest BCUT2D eigenvalue weighted by molar-refractivity contribution is 5.92. The molecule has 1 amide bonds. The number of aromatic carboxylic acids is 1. The van der Waals surface area contributed by atoms with Gasteiger partial charge in [-0.2, -0.15) is 0 Å². The lowest BCUT2D eigenvalue weighted by molar-refractivity contribution is -0.124. The van der Waals surface area contributed by atoms with Crippen LogP contribution in [0.4, 0.5) is 0 Å². The zero-order chi connectivity index (χ0) is 23.8. The Bertz CT molecular complexity index is 691. The van der Waals surface area contributed by atoms with Crippen molar-refractivity contribution in [1.82, 2.24) is 5.32 Å². The Morgan fingerprint density at radius 1 is 1.00 bits per heavy atom. The van der Waals surface area contributed by atoms with E-state index in [9.17, 15) is 14.7 Å². The highest BCUT2D eigenvalue weighted by Crippen LogP contribution is 2.36. The number of carboxylic acids is 1. The predicted octanol–water partition coefficient (Wildman–Crippen LogP) is 4.85. The largest absolute Gasteiger partial charge is 0.493 e. The summed E-state index contributed by atoms with van der Waals surface area (Å²) in [5.41, 5.74) is 1.05. The van der Waals surface area contributed by atoms with Crippen molar-refractivity contribution < 1.29 is 28.9 Å². The first-order valence-electron chi connectivity index (χ1n) is 11.8. The summed E-state index contributed by atoms with van der Waals surface area (Å²) < 4.78 is 16.3. The fourth-order valence-corrected chi connectivity index (χ4v) is 3.53. The third-order valence-electron chi connectivity index (χ3n) is 5.48. The van der Waals surface area contributed by atoms with Crippen molar-refractivity contribution in [2.24, 2.45) is 5.92 Å². The molecule has 1 aromatic carbocycles. The van der Waals surface area contributed by atoms with Crippen LogP contribution in [0.25, 0.3) is 0 Å². The summed E-state index contributed by atoms with van der Waals surface area (Å²) in [7, 11) is 3.16. The van der Waals surface area contributed by atoms with E-state index >= 15 is 0 Å². The average Bonchev–Trinajstić information content (AvgIpc) is 2.78. The highest BCUT2D eigenvalue weighted by Gasteiger charge is 2.20. The normalized spacial score (nSPS) is 11.8. The molecule has 0 aliphatic heterocycles. The van der Waals surface area contributed by atoms with Crippen LogP contribution < -0.4 is 14.8 Å². The predicted molar refractivity (Wildman–Crippen MR) is 126 cm³/mol. The maximum absolute atomic E-state index is 12.0. The average molecular weight is 452 g/mol. The van der Waals surface area contributed by atoms with Gasteiger partial charge in [0.15, 0.2) is 11.5 Å². The van der Waals surface area contributed by atoms with Crippen LogP contribution in [0.5, 0.6) is 11.5 Å². The smallest absolute Gasteiger partial charge is 0.339 e. The molecule has 0 aliphatic rings. The van der Waals surface area contributed by atoms with Gasteiger partial charge in [-0.1, -0.05) is 45.6 Å². The van der Waals surface area contributed by atoms with E-state index in [0.29, 0.717) is 25.4 Å².